The van der Waals surface area contributed by atoms with Crippen LogP contribution in [0.2, 0.25) is 0 Å². The zero-order valence-corrected chi connectivity index (χ0v) is 12.7. The summed E-state index contributed by atoms with van der Waals surface area (Å²) in [6.07, 6.45) is 3.10. The van der Waals surface area contributed by atoms with E-state index < -0.39 is 26.9 Å². The van der Waals surface area contributed by atoms with Crippen LogP contribution in [-0.4, -0.2) is 40.1 Å². The predicted octanol–water partition coefficient (Wildman–Crippen LogP) is -0.0382. The first kappa shape index (κ1) is 14.9. The molecule has 20 heavy (non-hydrogen) atoms. The van der Waals surface area contributed by atoms with E-state index in [-0.39, 0.29) is 16.6 Å². The number of nitrogens with two attached hydrogens (primary N) is 1. The topological polar surface area (TPSA) is 107 Å². The smallest absolute Gasteiger partial charge is 0.260 e. The minimum atomic E-state index is -3.83. The third-order valence-corrected chi connectivity index (χ3v) is 5.20. The first-order valence-corrected chi connectivity index (χ1v) is 9.07. The van der Waals surface area contributed by atoms with Gasteiger partial charge >= 0.3 is 0 Å². The van der Waals surface area contributed by atoms with Crippen molar-refractivity contribution in [3.63, 3.8) is 0 Å². The highest BCUT2D eigenvalue weighted by Gasteiger charge is 2.25. The van der Waals surface area contributed by atoms with Crippen molar-refractivity contribution >= 4 is 32.3 Å². The number of rotatable bonds is 5. The summed E-state index contributed by atoms with van der Waals surface area (Å²) >= 11 is 0. The number of anilines is 1. The maximum atomic E-state index is 12.4. The van der Waals surface area contributed by atoms with E-state index >= 15 is 0 Å². The van der Waals surface area contributed by atoms with E-state index in [0.29, 0.717) is 5.65 Å². The van der Waals surface area contributed by atoms with Gasteiger partial charge in [0.25, 0.3) is 10.0 Å². The van der Waals surface area contributed by atoms with Crippen molar-refractivity contribution in [2.45, 2.75) is 18.0 Å². The van der Waals surface area contributed by atoms with Gasteiger partial charge in [-0.3, -0.25) is 8.61 Å². The number of sulfonamides is 1. The van der Waals surface area contributed by atoms with Crippen molar-refractivity contribution in [3.8, 4) is 0 Å². The number of hydrogen-bond donors (Lipinski definition) is 2. The molecule has 2 unspecified atom stereocenters. The molecule has 2 heterocycles. The fraction of sp³-hybridized carbons (Fsp3) is 0.364. The van der Waals surface area contributed by atoms with Crippen molar-refractivity contribution < 1.29 is 12.6 Å². The molecule has 0 amide bonds. The van der Waals surface area contributed by atoms with Gasteiger partial charge in [0.2, 0.25) is 0 Å². The SMILES string of the molecule is CC(CS(C)=O)NS(=O)(=O)c1c(N)nc2ccccn12. The van der Waals surface area contributed by atoms with Crippen LogP contribution in [-0.2, 0) is 20.8 Å². The lowest BCUT2D eigenvalue weighted by Crippen LogP contribution is -2.37. The number of nitrogens with one attached hydrogen (secondary N) is 1. The molecule has 0 spiro atoms. The molecule has 0 saturated carbocycles. The summed E-state index contributed by atoms with van der Waals surface area (Å²) in [7, 11) is -4.92. The summed E-state index contributed by atoms with van der Waals surface area (Å²) in [5.41, 5.74) is 6.16. The Morgan fingerprint density at radius 1 is 1.50 bits per heavy atom. The molecule has 0 aliphatic heterocycles. The Labute approximate surface area is 119 Å². The van der Waals surface area contributed by atoms with Crippen LogP contribution >= 0.6 is 0 Å². The molecule has 3 N–H and O–H groups in total. The molecule has 2 aromatic heterocycles. The lowest BCUT2D eigenvalue weighted by atomic mass is 10.4. The van der Waals surface area contributed by atoms with Crippen molar-refractivity contribution in [1.29, 1.82) is 0 Å². The van der Waals surface area contributed by atoms with Crippen molar-refractivity contribution in [2.24, 2.45) is 0 Å². The molecule has 0 saturated heterocycles. The number of hydrogen-bond acceptors (Lipinski definition) is 5. The summed E-state index contributed by atoms with van der Waals surface area (Å²) in [6, 6.07) is 4.64. The third kappa shape index (κ3) is 3.00. The van der Waals surface area contributed by atoms with Gasteiger partial charge in [-0.25, -0.2) is 18.1 Å². The first-order chi connectivity index (χ1) is 9.31. The summed E-state index contributed by atoms with van der Waals surface area (Å²) < 4.78 is 39.7. The highest BCUT2D eigenvalue weighted by molar-refractivity contribution is 7.89. The van der Waals surface area contributed by atoms with Crippen LogP contribution in [0.4, 0.5) is 5.82 Å². The van der Waals surface area contributed by atoms with Crippen LogP contribution in [0.1, 0.15) is 6.92 Å². The Morgan fingerprint density at radius 2 is 2.20 bits per heavy atom. The molecule has 0 fully saturated rings. The maximum absolute atomic E-state index is 12.4. The largest absolute Gasteiger partial charge is 0.381 e. The van der Waals surface area contributed by atoms with Crippen LogP contribution < -0.4 is 10.5 Å². The highest BCUT2D eigenvalue weighted by atomic mass is 32.2. The van der Waals surface area contributed by atoms with E-state index in [9.17, 15) is 12.6 Å². The van der Waals surface area contributed by atoms with E-state index in [1.54, 1.807) is 31.3 Å². The number of fused-ring (bicyclic) bond motifs is 1. The number of nitrogens with zero attached hydrogens (tertiary/aromatic N) is 2. The Hall–Kier alpha value is -1.45. The number of nitrogen functional groups attached to an aromatic ring is 1. The van der Waals surface area contributed by atoms with Crippen molar-refractivity contribution in [3.05, 3.63) is 24.4 Å². The van der Waals surface area contributed by atoms with Crippen LogP contribution in [0.15, 0.2) is 29.4 Å². The van der Waals surface area contributed by atoms with E-state index in [2.05, 4.69) is 9.71 Å². The van der Waals surface area contributed by atoms with Gasteiger partial charge in [0.15, 0.2) is 10.8 Å². The average molecular weight is 316 g/mol. The van der Waals surface area contributed by atoms with Crippen molar-refractivity contribution in [1.82, 2.24) is 14.1 Å². The number of imidazole rings is 1. The fourth-order valence-electron chi connectivity index (χ4n) is 1.97. The fourth-order valence-corrected chi connectivity index (χ4v) is 4.32. The van der Waals surface area contributed by atoms with Crippen molar-refractivity contribution in [2.75, 3.05) is 17.7 Å². The molecule has 2 rings (SSSR count). The summed E-state index contributed by atoms with van der Waals surface area (Å²) in [6.45, 7) is 1.65. The lowest BCUT2D eigenvalue weighted by Gasteiger charge is -2.12. The molecule has 2 atom stereocenters. The Bertz CT molecular complexity index is 754. The summed E-state index contributed by atoms with van der Waals surface area (Å²) in [4.78, 5) is 4.01. The highest BCUT2D eigenvalue weighted by Crippen LogP contribution is 2.19. The van der Waals surface area contributed by atoms with E-state index in [1.165, 1.54) is 10.7 Å². The van der Waals surface area contributed by atoms with Gasteiger partial charge in [-0.1, -0.05) is 6.07 Å². The molecular formula is C11H16N4O3S2. The van der Waals surface area contributed by atoms with Gasteiger partial charge < -0.3 is 5.73 Å². The normalized spacial score (nSPS) is 15.3. The third-order valence-electron chi connectivity index (χ3n) is 2.61. The second kappa shape index (κ2) is 5.51. The van der Waals surface area contributed by atoms with Gasteiger partial charge in [-0.05, 0) is 19.1 Å². The molecule has 2 aromatic rings. The molecular weight excluding hydrogens is 300 g/mol. The number of pyridine rings is 1. The molecule has 0 radical (unpaired) electrons. The Balaban J connectivity index is 2.42. The molecule has 0 aliphatic carbocycles. The van der Waals surface area contributed by atoms with Gasteiger partial charge in [0, 0.05) is 35.0 Å². The van der Waals surface area contributed by atoms with Crippen LogP contribution in [0.3, 0.4) is 0 Å². The number of aromatic nitrogens is 2. The monoisotopic (exact) mass is 316 g/mol. The summed E-state index contributed by atoms with van der Waals surface area (Å²) in [5.74, 6) is 0.170. The van der Waals surface area contributed by atoms with Crippen LogP contribution in [0, 0.1) is 0 Å². The molecule has 110 valence electrons. The van der Waals surface area contributed by atoms with Gasteiger partial charge in [0.1, 0.15) is 5.65 Å². The zero-order valence-electron chi connectivity index (χ0n) is 11.1. The van der Waals surface area contributed by atoms with Gasteiger partial charge in [-0.15, -0.1) is 0 Å². The Kier molecular flexibility index (Phi) is 4.11. The minimum Gasteiger partial charge on any atom is -0.381 e. The van der Waals surface area contributed by atoms with E-state index in [4.69, 9.17) is 5.73 Å². The van der Waals surface area contributed by atoms with Crippen LogP contribution in [0.25, 0.3) is 5.65 Å². The average Bonchev–Trinajstić information content (AvgIpc) is 2.62. The standard InChI is InChI=1S/C11H16N4O3S2/c1-8(7-19(2)16)14-20(17,18)11-10(12)13-9-5-3-4-6-15(9)11/h3-6,8,14H,7,12H2,1-2H3. The molecule has 0 aliphatic rings. The molecule has 7 nitrogen and oxygen atoms in total. The van der Waals surface area contributed by atoms with E-state index in [0.717, 1.165) is 0 Å². The minimum absolute atomic E-state index is 0.0616. The van der Waals surface area contributed by atoms with Crippen LogP contribution in [0.5, 0.6) is 0 Å². The molecule has 0 aromatic carbocycles. The maximum Gasteiger partial charge on any atom is 0.260 e. The van der Waals surface area contributed by atoms with Gasteiger partial charge in [0.05, 0.1) is 0 Å². The molecule has 9 heteroatoms. The quantitative estimate of drug-likeness (QED) is 0.805. The molecule has 0 bridgehead atoms. The Morgan fingerprint density at radius 3 is 2.85 bits per heavy atom. The van der Waals surface area contributed by atoms with Gasteiger partial charge in [-0.2, -0.15) is 0 Å². The first-order valence-electron chi connectivity index (χ1n) is 5.86. The second-order valence-corrected chi connectivity index (χ2v) is 7.60. The lowest BCUT2D eigenvalue weighted by molar-refractivity contribution is 0.566. The predicted molar refractivity (Wildman–Crippen MR) is 78.3 cm³/mol. The van der Waals surface area contributed by atoms with E-state index in [1.807, 2.05) is 0 Å². The summed E-state index contributed by atoms with van der Waals surface area (Å²) in [5, 5.41) is -0.0955. The zero-order chi connectivity index (χ0) is 14.9. The second-order valence-electron chi connectivity index (χ2n) is 4.49.